The molecule has 3 nitrogen and oxygen atoms in total. The largest absolute Gasteiger partial charge is 0.326 e. The first kappa shape index (κ1) is 11.2. The second kappa shape index (κ2) is 4.70. The molecular formula is C12H14BrN3. The van der Waals surface area contributed by atoms with Crippen molar-refractivity contribution in [2.75, 3.05) is 5.32 Å². The molecule has 0 saturated carbocycles. The van der Waals surface area contributed by atoms with E-state index >= 15 is 0 Å². The van der Waals surface area contributed by atoms with Gasteiger partial charge in [-0.05, 0) is 38.1 Å². The Morgan fingerprint density at radius 3 is 2.62 bits per heavy atom. The first-order chi connectivity index (χ1) is 7.69. The van der Waals surface area contributed by atoms with Gasteiger partial charge >= 0.3 is 0 Å². The molecule has 0 spiro atoms. The number of rotatable bonds is 3. The van der Waals surface area contributed by atoms with Crippen LogP contribution in [-0.2, 0) is 6.54 Å². The minimum absolute atomic E-state index is 0.891. The van der Waals surface area contributed by atoms with E-state index in [4.69, 9.17) is 0 Å². The normalized spacial score (nSPS) is 10.4. The highest BCUT2D eigenvalue weighted by Crippen LogP contribution is 2.18. The van der Waals surface area contributed by atoms with E-state index in [2.05, 4.69) is 37.7 Å². The third kappa shape index (κ3) is 2.44. The predicted molar refractivity (Wildman–Crippen MR) is 70.1 cm³/mol. The summed E-state index contributed by atoms with van der Waals surface area (Å²) < 4.78 is 3.17. The van der Waals surface area contributed by atoms with Crippen LogP contribution in [0.25, 0.3) is 0 Å². The number of hydrogen-bond acceptors (Lipinski definition) is 2. The maximum atomic E-state index is 4.44. The molecule has 1 aromatic heterocycles. The molecule has 1 heterocycles. The maximum Gasteiger partial charge on any atom is 0.207 e. The number of aromatic nitrogens is 2. The Labute approximate surface area is 104 Å². The van der Waals surface area contributed by atoms with Crippen LogP contribution in [0.3, 0.4) is 0 Å². The SMILES string of the molecule is CCn1cc(C)nc1Nc1ccc(Br)cc1. The number of nitrogens with zero attached hydrogens (tertiary/aromatic N) is 2. The fraction of sp³-hybridized carbons (Fsp3) is 0.250. The van der Waals surface area contributed by atoms with Gasteiger partial charge in [-0.25, -0.2) is 4.98 Å². The molecule has 16 heavy (non-hydrogen) atoms. The quantitative estimate of drug-likeness (QED) is 0.928. The van der Waals surface area contributed by atoms with Crippen molar-refractivity contribution in [1.82, 2.24) is 9.55 Å². The van der Waals surface area contributed by atoms with Gasteiger partial charge < -0.3 is 9.88 Å². The molecule has 0 bridgehead atoms. The minimum atomic E-state index is 0.891. The van der Waals surface area contributed by atoms with Crippen molar-refractivity contribution >= 4 is 27.6 Å². The summed E-state index contributed by atoms with van der Waals surface area (Å²) in [6.07, 6.45) is 2.04. The lowest BCUT2D eigenvalue weighted by molar-refractivity contribution is 0.771. The number of anilines is 2. The average Bonchev–Trinajstić information content (AvgIpc) is 2.62. The number of nitrogens with one attached hydrogen (secondary N) is 1. The Bertz CT molecular complexity index is 474. The number of hydrogen-bond donors (Lipinski definition) is 1. The van der Waals surface area contributed by atoms with E-state index in [-0.39, 0.29) is 0 Å². The van der Waals surface area contributed by atoms with Gasteiger partial charge in [0.05, 0.1) is 5.69 Å². The Kier molecular flexibility index (Phi) is 3.29. The average molecular weight is 280 g/mol. The summed E-state index contributed by atoms with van der Waals surface area (Å²) in [4.78, 5) is 4.44. The standard InChI is InChI=1S/C12H14BrN3/c1-3-16-8-9(2)14-12(16)15-11-6-4-10(13)5-7-11/h4-8H,3H2,1-2H3,(H,14,15). The highest BCUT2D eigenvalue weighted by molar-refractivity contribution is 9.10. The van der Waals surface area contributed by atoms with Gasteiger partial charge in [-0.3, -0.25) is 0 Å². The molecule has 0 amide bonds. The predicted octanol–water partition coefficient (Wildman–Crippen LogP) is 3.72. The molecule has 1 N–H and O–H groups in total. The fourth-order valence-electron chi connectivity index (χ4n) is 1.55. The minimum Gasteiger partial charge on any atom is -0.326 e. The van der Waals surface area contributed by atoms with Crippen LogP contribution in [0.15, 0.2) is 34.9 Å². The van der Waals surface area contributed by atoms with Crippen LogP contribution in [0.5, 0.6) is 0 Å². The summed E-state index contributed by atoms with van der Waals surface area (Å²) >= 11 is 3.41. The zero-order valence-corrected chi connectivity index (χ0v) is 11.0. The molecule has 1 aromatic carbocycles. The smallest absolute Gasteiger partial charge is 0.207 e. The van der Waals surface area contributed by atoms with Crippen LogP contribution >= 0.6 is 15.9 Å². The third-order valence-electron chi connectivity index (χ3n) is 2.34. The van der Waals surface area contributed by atoms with Crippen LogP contribution in [0.1, 0.15) is 12.6 Å². The van der Waals surface area contributed by atoms with Gasteiger partial charge in [-0.1, -0.05) is 15.9 Å². The van der Waals surface area contributed by atoms with Crippen LogP contribution in [-0.4, -0.2) is 9.55 Å². The summed E-state index contributed by atoms with van der Waals surface area (Å²) in [5.74, 6) is 0.891. The van der Waals surface area contributed by atoms with Crippen molar-refractivity contribution in [3.63, 3.8) is 0 Å². The summed E-state index contributed by atoms with van der Waals surface area (Å²) in [5.41, 5.74) is 2.07. The van der Waals surface area contributed by atoms with Crippen molar-refractivity contribution in [2.24, 2.45) is 0 Å². The van der Waals surface area contributed by atoms with Crippen molar-refractivity contribution in [1.29, 1.82) is 0 Å². The summed E-state index contributed by atoms with van der Waals surface area (Å²) in [6, 6.07) is 8.06. The maximum absolute atomic E-state index is 4.44. The van der Waals surface area contributed by atoms with Gasteiger partial charge in [-0.2, -0.15) is 0 Å². The molecule has 0 aliphatic carbocycles. The van der Waals surface area contributed by atoms with Crippen LogP contribution in [0.4, 0.5) is 11.6 Å². The first-order valence-corrected chi connectivity index (χ1v) is 6.04. The Morgan fingerprint density at radius 1 is 1.31 bits per heavy atom. The molecule has 0 aliphatic rings. The molecule has 0 unspecified atom stereocenters. The van der Waals surface area contributed by atoms with Crippen LogP contribution in [0, 0.1) is 6.92 Å². The van der Waals surface area contributed by atoms with Gasteiger partial charge in [0.25, 0.3) is 0 Å². The van der Waals surface area contributed by atoms with Crippen molar-refractivity contribution in [2.45, 2.75) is 20.4 Å². The monoisotopic (exact) mass is 279 g/mol. The molecular weight excluding hydrogens is 266 g/mol. The first-order valence-electron chi connectivity index (χ1n) is 5.25. The van der Waals surface area contributed by atoms with Gasteiger partial charge in [-0.15, -0.1) is 0 Å². The molecule has 0 atom stereocenters. The van der Waals surface area contributed by atoms with Gasteiger partial charge in [0.15, 0.2) is 0 Å². The molecule has 0 radical (unpaired) electrons. The summed E-state index contributed by atoms with van der Waals surface area (Å²) in [7, 11) is 0. The van der Waals surface area contributed by atoms with E-state index in [1.807, 2.05) is 37.4 Å². The molecule has 2 aromatic rings. The van der Waals surface area contributed by atoms with Crippen molar-refractivity contribution in [3.8, 4) is 0 Å². The number of benzene rings is 1. The van der Waals surface area contributed by atoms with E-state index in [0.717, 1.165) is 28.3 Å². The van der Waals surface area contributed by atoms with Gasteiger partial charge in [0, 0.05) is 22.9 Å². The topological polar surface area (TPSA) is 29.9 Å². The number of aryl methyl sites for hydroxylation is 2. The van der Waals surface area contributed by atoms with Crippen molar-refractivity contribution in [3.05, 3.63) is 40.6 Å². The molecule has 84 valence electrons. The summed E-state index contributed by atoms with van der Waals surface area (Å²) in [5, 5.41) is 3.30. The molecule has 0 aliphatic heterocycles. The lowest BCUT2D eigenvalue weighted by Gasteiger charge is -2.07. The number of imidazole rings is 1. The molecule has 4 heteroatoms. The Hall–Kier alpha value is -1.29. The highest BCUT2D eigenvalue weighted by atomic mass is 79.9. The summed E-state index contributed by atoms with van der Waals surface area (Å²) in [6.45, 7) is 5.02. The van der Waals surface area contributed by atoms with E-state index in [9.17, 15) is 0 Å². The highest BCUT2D eigenvalue weighted by Gasteiger charge is 2.03. The van der Waals surface area contributed by atoms with Crippen LogP contribution < -0.4 is 5.32 Å². The molecule has 0 saturated heterocycles. The van der Waals surface area contributed by atoms with E-state index in [0.29, 0.717) is 0 Å². The van der Waals surface area contributed by atoms with Crippen molar-refractivity contribution < 1.29 is 0 Å². The van der Waals surface area contributed by atoms with Gasteiger partial charge in [0.2, 0.25) is 5.95 Å². The van der Waals surface area contributed by atoms with Crippen LogP contribution in [0.2, 0.25) is 0 Å². The van der Waals surface area contributed by atoms with E-state index < -0.39 is 0 Å². The number of halogens is 1. The molecule has 2 rings (SSSR count). The van der Waals surface area contributed by atoms with E-state index in [1.54, 1.807) is 0 Å². The fourth-order valence-corrected chi connectivity index (χ4v) is 1.81. The zero-order chi connectivity index (χ0) is 11.5. The second-order valence-corrected chi connectivity index (χ2v) is 4.54. The zero-order valence-electron chi connectivity index (χ0n) is 9.37. The second-order valence-electron chi connectivity index (χ2n) is 3.62. The lowest BCUT2D eigenvalue weighted by atomic mass is 10.3. The Balaban J connectivity index is 2.22. The third-order valence-corrected chi connectivity index (χ3v) is 2.87. The Morgan fingerprint density at radius 2 is 2.00 bits per heavy atom. The van der Waals surface area contributed by atoms with E-state index in [1.165, 1.54) is 0 Å². The molecule has 0 fully saturated rings. The van der Waals surface area contributed by atoms with Gasteiger partial charge in [0.1, 0.15) is 0 Å². The lowest BCUT2D eigenvalue weighted by Crippen LogP contribution is -2.00.